The van der Waals surface area contributed by atoms with Crippen LogP contribution in [0.3, 0.4) is 0 Å². The summed E-state index contributed by atoms with van der Waals surface area (Å²) in [5, 5.41) is 3.68. The third-order valence-corrected chi connectivity index (χ3v) is 4.89. The number of hydrogen-bond acceptors (Lipinski definition) is 4. The molecule has 0 aromatic rings. The van der Waals surface area contributed by atoms with E-state index in [2.05, 4.69) is 24.1 Å². The molecule has 0 spiro atoms. The van der Waals surface area contributed by atoms with Crippen molar-refractivity contribution in [1.29, 1.82) is 0 Å². The number of rotatable bonds is 8. The molecule has 1 unspecified atom stereocenters. The molecular weight excluding hydrogens is 264 g/mol. The van der Waals surface area contributed by atoms with Crippen LogP contribution in [0.1, 0.15) is 46.0 Å². The van der Waals surface area contributed by atoms with Crippen molar-refractivity contribution >= 4 is 0 Å². The lowest BCUT2D eigenvalue weighted by atomic mass is 9.73. The van der Waals surface area contributed by atoms with Crippen molar-refractivity contribution in [2.24, 2.45) is 5.41 Å². The van der Waals surface area contributed by atoms with Gasteiger partial charge in [0.25, 0.3) is 0 Å². The van der Waals surface area contributed by atoms with Crippen molar-refractivity contribution in [2.75, 3.05) is 53.0 Å². The van der Waals surface area contributed by atoms with E-state index in [0.29, 0.717) is 5.41 Å². The third kappa shape index (κ3) is 5.51. The second-order valence-electron chi connectivity index (χ2n) is 7.54. The van der Waals surface area contributed by atoms with Gasteiger partial charge in [0.1, 0.15) is 0 Å². The van der Waals surface area contributed by atoms with E-state index in [4.69, 9.17) is 9.47 Å². The second-order valence-corrected chi connectivity index (χ2v) is 7.54. The van der Waals surface area contributed by atoms with Crippen molar-refractivity contribution < 1.29 is 9.47 Å². The minimum atomic E-state index is 0.0200. The Hall–Kier alpha value is -0.160. The molecule has 2 heterocycles. The Morgan fingerprint density at radius 1 is 1.24 bits per heavy atom. The van der Waals surface area contributed by atoms with E-state index in [-0.39, 0.29) is 5.60 Å². The maximum absolute atomic E-state index is 5.96. The summed E-state index contributed by atoms with van der Waals surface area (Å²) in [7, 11) is 1.77. The Labute approximate surface area is 130 Å². The molecule has 2 fully saturated rings. The van der Waals surface area contributed by atoms with Crippen LogP contribution in [-0.2, 0) is 9.47 Å². The third-order valence-electron chi connectivity index (χ3n) is 4.89. The molecule has 1 atom stereocenters. The molecule has 4 nitrogen and oxygen atoms in total. The summed E-state index contributed by atoms with van der Waals surface area (Å²) >= 11 is 0. The first-order valence-corrected chi connectivity index (χ1v) is 8.61. The number of methoxy groups -OCH3 is 1. The molecule has 0 aromatic heterocycles. The SMILES string of the molecule is COCCCNCC1(CN2CCCC2)CCOC(C)(C)C1. The van der Waals surface area contributed by atoms with Gasteiger partial charge in [-0.25, -0.2) is 0 Å². The molecule has 2 aliphatic heterocycles. The van der Waals surface area contributed by atoms with Crippen LogP contribution in [0.25, 0.3) is 0 Å². The average molecular weight is 298 g/mol. The van der Waals surface area contributed by atoms with E-state index in [9.17, 15) is 0 Å². The highest BCUT2D eigenvalue weighted by atomic mass is 16.5. The van der Waals surface area contributed by atoms with Crippen LogP contribution in [0.4, 0.5) is 0 Å². The van der Waals surface area contributed by atoms with E-state index in [0.717, 1.165) is 39.1 Å². The standard InChI is InChI=1S/C17H34N2O2/c1-16(2)13-17(7-12-21-16,14-18-8-6-11-20-3)15-19-9-4-5-10-19/h18H,4-15H2,1-3H3. The van der Waals surface area contributed by atoms with Gasteiger partial charge < -0.3 is 19.7 Å². The minimum Gasteiger partial charge on any atom is -0.385 e. The summed E-state index contributed by atoms with van der Waals surface area (Å²) in [6.07, 6.45) is 6.18. The van der Waals surface area contributed by atoms with Gasteiger partial charge in [0, 0.05) is 38.8 Å². The number of nitrogens with zero attached hydrogens (tertiary/aromatic N) is 1. The molecule has 21 heavy (non-hydrogen) atoms. The first-order chi connectivity index (χ1) is 10.1. The van der Waals surface area contributed by atoms with Gasteiger partial charge >= 0.3 is 0 Å². The number of ether oxygens (including phenoxy) is 2. The molecule has 0 aromatic carbocycles. The van der Waals surface area contributed by atoms with Crippen LogP contribution in [0.5, 0.6) is 0 Å². The fourth-order valence-electron chi connectivity index (χ4n) is 4.04. The Morgan fingerprint density at radius 3 is 2.67 bits per heavy atom. The highest BCUT2D eigenvalue weighted by Crippen LogP contribution is 2.39. The summed E-state index contributed by atoms with van der Waals surface area (Å²) in [5.41, 5.74) is 0.394. The summed E-state index contributed by atoms with van der Waals surface area (Å²) in [4.78, 5) is 2.66. The predicted octanol–water partition coefficient (Wildman–Crippen LogP) is 2.28. The van der Waals surface area contributed by atoms with E-state index in [1.807, 2.05) is 0 Å². The zero-order valence-electron chi connectivity index (χ0n) is 14.2. The summed E-state index contributed by atoms with van der Waals surface area (Å²) in [5.74, 6) is 0. The zero-order chi connectivity index (χ0) is 15.2. The maximum Gasteiger partial charge on any atom is 0.0632 e. The molecule has 2 rings (SSSR count). The monoisotopic (exact) mass is 298 g/mol. The molecule has 2 aliphatic rings. The highest BCUT2D eigenvalue weighted by molar-refractivity contribution is 4.94. The smallest absolute Gasteiger partial charge is 0.0632 e. The molecule has 2 saturated heterocycles. The number of nitrogens with one attached hydrogen (secondary N) is 1. The lowest BCUT2D eigenvalue weighted by molar-refractivity contribution is -0.110. The van der Waals surface area contributed by atoms with Crippen molar-refractivity contribution in [1.82, 2.24) is 10.2 Å². The largest absolute Gasteiger partial charge is 0.385 e. The quantitative estimate of drug-likeness (QED) is 0.697. The minimum absolute atomic E-state index is 0.0200. The predicted molar refractivity (Wildman–Crippen MR) is 86.7 cm³/mol. The van der Waals surface area contributed by atoms with E-state index < -0.39 is 0 Å². The van der Waals surface area contributed by atoms with Crippen LogP contribution >= 0.6 is 0 Å². The van der Waals surface area contributed by atoms with Gasteiger partial charge in [-0.15, -0.1) is 0 Å². The van der Waals surface area contributed by atoms with Gasteiger partial charge in [-0.2, -0.15) is 0 Å². The zero-order valence-corrected chi connectivity index (χ0v) is 14.2. The fraction of sp³-hybridized carbons (Fsp3) is 1.00. The Balaban J connectivity index is 1.89. The van der Waals surface area contributed by atoms with E-state index in [1.54, 1.807) is 7.11 Å². The van der Waals surface area contributed by atoms with Gasteiger partial charge in [0.15, 0.2) is 0 Å². The first kappa shape index (κ1) is 17.2. The Morgan fingerprint density at radius 2 is 2.00 bits per heavy atom. The molecule has 0 aliphatic carbocycles. The molecule has 1 N–H and O–H groups in total. The van der Waals surface area contributed by atoms with E-state index in [1.165, 1.54) is 38.9 Å². The molecule has 0 radical (unpaired) electrons. The summed E-state index contributed by atoms with van der Waals surface area (Å²) < 4.78 is 11.1. The lowest BCUT2D eigenvalue weighted by Gasteiger charge is -2.47. The molecule has 0 bridgehead atoms. The highest BCUT2D eigenvalue weighted by Gasteiger charge is 2.41. The average Bonchev–Trinajstić information content (AvgIpc) is 2.90. The molecule has 0 saturated carbocycles. The molecule has 4 heteroatoms. The van der Waals surface area contributed by atoms with Crippen LogP contribution in [0.15, 0.2) is 0 Å². The van der Waals surface area contributed by atoms with Crippen molar-refractivity contribution in [3.05, 3.63) is 0 Å². The van der Waals surface area contributed by atoms with Crippen LogP contribution in [0, 0.1) is 5.41 Å². The van der Waals surface area contributed by atoms with Crippen LogP contribution in [-0.4, -0.2) is 63.5 Å². The van der Waals surface area contributed by atoms with E-state index >= 15 is 0 Å². The van der Waals surface area contributed by atoms with Crippen LogP contribution < -0.4 is 5.32 Å². The Kier molecular flexibility index (Phi) is 6.48. The second kappa shape index (κ2) is 7.91. The normalized spacial score (nSPS) is 29.9. The van der Waals surface area contributed by atoms with Gasteiger partial charge in [-0.05, 0) is 65.6 Å². The lowest BCUT2D eigenvalue weighted by Crippen LogP contribution is -2.51. The topological polar surface area (TPSA) is 33.7 Å². The van der Waals surface area contributed by atoms with Crippen LogP contribution in [0.2, 0.25) is 0 Å². The van der Waals surface area contributed by atoms with Gasteiger partial charge in [0.05, 0.1) is 5.60 Å². The number of hydrogen-bond donors (Lipinski definition) is 1. The van der Waals surface area contributed by atoms with Gasteiger partial charge in [-0.1, -0.05) is 0 Å². The molecule has 0 amide bonds. The molecule has 124 valence electrons. The van der Waals surface area contributed by atoms with Crippen molar-refractivity contribution in [3.8, 4) is 0 Å². The maximum atomic E-state index is 5.96. The van der Waals surface area contributed by atoms with Crippen molar-refractivity contribution in [3.63, 3.8) is 0 Å². The fourth-order valence-corrected chi connectivity index (χ4v) is 4.04. The number of likely N-dealkylation sites (tertiary alicyclic amines) is 1. The van der Waals surface area contributed by atoms with Gasteiger partial charge in [-0.3, -0.25) is 0 Å². The Bertz CT molecular complexity index is 303. The summed E-state index contributed by atoms with van der Waals surface area (Å²) in [6.45, 7) is 12.2. The van der Waals surface area contributed by atoms with Gasteiger partial charge in [0.2, 0.25) is 0 Å². The summed E-state index contributed by atoms with van der Waals surface area (Å²) in [6, 6.07) is 0. The first-order valence-electron chi connectivity index (χ1n) is 8.61. The molecular formula is C17H34N2O2. The van der Waals surface area contributed by atoms with Crippen molar-refractivity contribution in [2.45, 2.75) is 51.6 Å².